The molecule has 1 aromatic carbocycles. The molecule has 0 fully saturated rings. The highest BCUT2D eigenvalue weighted by atomic mass is 14.9. The van der Waals surface area contributed by atoms with Gasteiger partial charge in [-0.1, -0.05) is 19.4 Å². The van der Waals surface area contributed by atoms with E-state index in [0.717, 1.165) is 25.1 Å². The van der Waals surface area contributed by atoms with Crippen molar-refractivity contribution in [1.82, 2.24) is 0 Å². The summed E-state index contributed by atoms with van der Waals surface area (Å²) >= 11 is 0. The molecule has 1 rings (SSSR count). The van der Waals surface area contributed by atoms with Crippen LogP contribution in [0, 0.1) is 11.3 Å². The molecule has 0 aliphatic rings. The molecule has 14 heavy (non-hydrogen) atoms. The lowest BCUT2D eigenvalue weighted by atomic mass is 10.1. The molecule has 0 heterocycles. The van der Waals surface area contributed by atoms with Crippen LogP contribution < -0.4 is 11.1 Å². The van der Waals surface area contributed by atoms with Crippen molar-refractivity contribution >= 4 is 11.4 Å². The second-order valence-electron chi connectivity index (χ2n) is 3.16. The minimum absolute atomic E-state index is 0.534. The van der Waals surface area contributed by atoms with Gasteiger partial charge in [0.2, 0.25) is 0 Å². The third-order valence-corrected chi connectivity index (χ3v) is 2.07. The molecule has 0 radical (unpaired) electrons. The molecule has 0 saturated heterocycles. The largest absolute Gasteiger partial charge is 0.396 e. The van der Waals surface area contributed by atoms with Crippen molar-refractivity contribution in [2.24, 2.45) is 0 Å². The second kappa shape index (κ2) is 5.13. The average Bonchev–Trinajstić information content (AvgIpc) is 2.21. The van der Waals surface area contributed by atoms with E-state index >= 15 is 0 Å². The fraction of sp³-hybridized carbons (Fsp3) is 0.364. The number of nitriles is 1. The number of hydrogen-bond donors (Lipinski definition) is 2. The van der Waals surface area contributed by atoms with Crippen molar-refractivity contribution in [3.63, 3.8) is 0 Å². The molecule has 0 spiro atoms. The summed E-state index contributed by atoms with van der Waals surface area (Å²) < 4.78 is 0. The van der Waals surface area contributed by atoms with Crippen molar-refractivity contribution in [1.29, 1.82) is 5.26 Å². The number of anilines is 2. The van der Waals surface area contributed by atoms with Gasteiger partial charge in [-0.3, -0.25) is 0 Å². The zero-order valence-electron chi connectivity index (χ0n) is 8.38. The number of benzene rings is 1. The predicted octanol–water partition coefficient (Wildman–Crippen LogP) is 2.35. The third-order valence-electron chi connectivity index (χ3n) is 2.07. The first-order valence-electron chi connectivity index (χ1n) is 4.82. The van der Waals surface area contributed by atoms with Crippen molar-refractivity contribution in [3.8, 4) is 6.07 Å². The summed E-state index contributed by atoms with van der Waals surface area (Å²) in [6.07, 6.45) is 2.25. The molecule has 3 N–H and O–H groups in total. The maximum absolute atomic E-state index is 8.76. The molecule has 0 amide bonds. The Morgan fingerprint density at radius 1 is 1.50 bits per heavy atom. The first kappa shape index (κ1) is 10.4. The first-order valence-corrected chi connectivity index (χ1v) is 4.82. The summed E-state index contributed by atoms with van der Waals surface area (Å²) in [6.45, 7) is 3.03. The lowest BCUT2D eigenvalue weighted by Gasteiger charge is -2.09. The number of nitrogens with two attached hydrogens (primary N) is 1. The van der Waals surface area contributed by atoms with E-state index in [1.54, 1.807) is 6.07 Å². The number of para-hydroxylation sites is 1. The van der Waals surface area contributed by atoms with Crippen molar-refractivity contribution < 1.29 is 0 Å². The summed E-state index contributed by atoms with van der Waals surface area (Å²) in [4.78, 5) is 0. The van der Waals surface area contributed by atoms with Gasteiger partial charge in [0, 0.05) is 6.54 Å². The van der Waals surface area contributed by atoms with Crippen LogP contribution in [0.5, 0.6) is 0 Å². The Morgan fingerprint density at radius 2 is 2.29 bits per heavy atom. The van der Waals surface area contributed by atoms with Crippen LogP contribution in [0.4, 0.5) is 11.4 Å². The van der Waals surface area contributed by atoms with Crippen LogP contribution in [-0.2, 0) is 0 Å². The van der Waals surface area contributed by atoms with Crippen molar-refractivity contribution in [3.05, 3.63) is 23.8 Å². The van der Waals surface area contributed by atoms with E-state index < -0.39 is 0 Å². The van der Waals surface area contributed by atoms with Gasteiger partial charge in [0.1, 0.15) is 6.07 Å². The van der Waals surface area contributed by atoms with Crippen LogP contribution in [0.25, 0.3) is 0 Å². The fourth-order valence-corrected chi connectivity index (χ4v) is 1.22. The van der Waals surface area contributed by atoms with Gasteiger partial charge in [-0.15, -0.1) is 0 Å². The van der Waals surface area contributed by atoms with Crippen LogP contribution >= 0.6 is 0 Å². The Hall–Kier alpha value is -1.69. The Morgan fingerprint density at radius 3 is 2.93 bits per heavy atom. The average molecular weight is 189 g/mol. The van der Waals surface area contributed by atoms with Gasteiger partial charge in [0.25, 0.3) is 0 Å². The Balaban J connectivity index is 2.73. The number of nitrogen functional groups attached to an aromatic ring is 1. The molecular formula is C11H15N3. The molecular weight excluding hydrogens is 174 g/mol. The van der Waals surface area contributed by atoms with Crippen LogP contribution in [-0.4, -0.2) is 6.54 Å². The first-order chi connectivity index (χ1) is 6.79. The van der Waals surface area contributed by atoms with Crippen LogP contribution in [0.2, 0.25) is 0 Å². The Bertz CT molecular complexity index is 339. The number of rotatable bonds is 4. The smallest absolute Gasteiger partial charge is 0.101 e. The van der Waals surface area contributed by atoms with E-state index in [0.29, 0.717) is 11.3 Å². The molecule has 0 bridgehead atoms. The molecule has 74 valence electrons. The molecule has 0 aliphatic heterocycles. The molecule has 3 nitrogen and oxygen atoms in total. The zero-order valence-corrected chi connectivity index (χ0v) is 8.38. The van der Waals surface area contributed by atoms with Gasteiger partial charge >= 0.3 is 0 Å². The molecule has 0 atom stereocenters. The highest BCUT2D eigenvalue weighted by Gasteiger charge is 2.02. The maximum atomic E-state index is 8.76. The fourth-order valence-electron chi connectivity index (χ4n) is 1.22. The van der Waals surface area contributed by atoms with Gasteiger partial charge < -0.3 is 11.1 Å². The summed E-state index contributed by atoms with van der Waals surface area (Å²) in [5.41, 5.74) is 7.73. The van der Waals surface area contributed by atoms with Crippen LogP contribution in [0.3, 0.4) is 0 Å². The Labute approximate surface area is 84.5 Å². The van der Waals surface area contributed by atoms with Gasteiger partial charge in [-0.2, -0.15) is 5.26 Å². The quantitative estimate of drug-likeness (QED) is 0.564. The van der Waals surface area contributed by atoms with Crippen molar-refractivity contribution in [2.45, 2.75) is 19.8 Å². The molecule has 0 unspecified atom stereocenters. The predicted molar refractivity (Wildman–Crippen MR) is 59.0 cm³/mol. The summed E-state index contributed by atoms with van der Waals surface area (Å²) in [5.74, 6) is 0. The molecule has 0 saturated carbocycles. The number of nitrogens with one attached hydrogen (secondary N) is 1. The van der Waals surface area contributed by atoms with E-state index in [-0.39, 0.29) is 0 Å². The van der Waals surface area contributed by atoms with E-state index in [1.807, 2.05) is 12.1 Å². The number of hydrogen-bond acceptors (Lipinski definition) is 3. The van der Waals surface area contributed by atoms with Crippen molar-refractivity contribution in [2.75, 3.05) is 17.6 Å². The molecule has 0 aromatic heterocycles. The maximum Gasteiger partial charge on any atom is 0.101 e. The summed E-state index contributed by atoms with van der Waals surface area (Å²) in [7, 11) is 0. The third kappa shape index (κ3) is 2.40. The van der Waals surface area contributed by atoms with Gasteiger partial charge in [0.15, 0.2) is 0 Å². The van der Waals surface area contributed by atoms with E-state index in [2.05, 4.69) is 18.3 Å². The highest BCUT2D eigenvalue weighted by Crippen LogP contribution is 2.21. The standard InChI is InChI=1S/C11H15N3/c1-2-3-7-14-10-6-4-5-9(8-12)11(10)13/h4-6,14H,2-3,7,13H2,1H3. The highest BCUT2D eigenvalue weighted by molar-refractivity contribution is 5.72. The van der Waals surface area contributed by atoms with Gasteiger partial charge in [-0.25, -0.2) is 0 Å². The van der Waals surface area contributed by atoms with Gasteiger partial charge in [-0.05, 0) is 18.6 Å². The van der Waals surface area contributed by atoms with Crippen LogP contribution in [0.1, 0.15) is 25.3 Å². The molecule has 3 heteroatoms. The lowest BCUT2D eigenvalue weighted by Crippen LogP contribution is -2.04. The SMILES string of the molecule is CCCCNc1cccc(C#N)c1N. The summed E-state index contributed by atoms with van der Waals surface area (Å²) in [6, 6.07) is 7.51. The Kier molecular flexibility index (Phi) is 3.81. The topological polar surface area (TPSA) is 61.8 Å². The monoisotopic (exact) mass is 189 g/mol. The van der Waals surface area contributed by atoms with E-state index in [4.69, 9.17) is 11.0 Å². The minimum Gasteiger partial charge on any atom is -0.396 e. The minimum atomic E-state index is 0.534. The summed E-state index contributed by atoms with van der Waals surface area (Å²) in [5, 5.41) is 12.0. The van der Waals surface area contributed by atoms with Gasteiger partial charge in [0.05, 0.1) is 16.9 Å². The normalized spacial score (nSPS) is 9.43. The van der Waals surface area contributed by atoms with E-state index in [1.165, 1.54) is 0 Å². The second-order valence-corrected chi connectivity index (χ2v) is 3.16. The van der Waals surface area contributed by atoms with Crippen LogP contribution in [0.15, 0.2) is 18.2 Å². The zero-order chi connectivity index (χ0) is 10.4. The molecule has 0 aliphatic carbocycles. The van der Waals surface area contributed by atoms with E-state index in [9.17, 15) is 0 Å². The number of nitrogens with zero attached hydrogens (tertiary/aromatic N) is 1. The number of unbranched alkanes of at least 4 members (excludes halogenated alkanes) is 1. The lowest BCUT2D eigenvalue weighted by molar-refractivity contribution is 0.834. The molecule has 1 aromatic rings.